The highest BCUT2D eigenvalue weighted by atomic mass is 35.5. The van der Waals surface area contributed by atoms with Crippen molar-refractivity contribution in [1.29, 1.82) is 0 Å². The molecule has 5 heteroatoms. The van der Waals surface area contributed by atoms with Crippen LogP contribution >= 0.6 is 12.4 Å². The zero-order valence-electron chi connectivity index (χ0n) is 10.4. The summed E-state index contributed by atoms with van der Waals surface area (Å²) >= 11 is 0. The third-order valence-electron chi connectivity index (χ3n) is 3.02. The lowest BCUT2D eigenvalue weighted by Crippen LogP contribution is -2.34. The topological polar surface area (TPSA) is 70.9 Å². The minimum absolute atomic E-state index is 0. The first-order valence-corrected chi connectivity index (χ1v) is 5.71. The van der Waals surface area contributed by atoms with E-state index in [-0.39, 0.29) is 30.3 Å². The Kier molecular flexibility index (Phi) is 4.76. The van der Waals surface area contributed by atoms with E-state index < -0.39 is 0 Å². The van der Waals surface area contributed by atoms with Crippen molar-refractivity contribution in [3.05, 3.63) is 30.5 Å². The Labute approximate surface area is 112 Å². The average molecular weight is 268 g/mol. The lowest BCUT2D eigenvalue weighted by molar-refractivity contribution is -0.119. The Morgan fingerprint density at radius 2 is 2.06 bits per heavy atom. The summed E-state index contributed by atoms with van der Waals surface area (Å²) in [5.74, 6) is -0.244. The number of hydrogen-bond donors (Lipinski definition) is 3. The molecule has 98 valence electrons. The van der Waals surface area contributed by atoms with Crippen molar-refractivity contribution in [2.75, 3.05) is 5.32 Å². The number of fused-ring (bicyclic) bond motifs is 1. The van der Waals surface area contributed by atoms with E-state index in [4.69, 9.17) is 5.73 Å². The van der Waals surface area contributed by atoms with Crippen LogP contribution in [0.2, 0.25) is 0 Å². The second kappa shape index (κ2) is 5.89. The molecule has 1 aromatic heterocycles. The summed E-state index contributed by atoms with van der Waals surface area (Å²) in [7, 11) is 0. The maximum absolute atomic E-state index is 11.8. The second-order valence-electron chi connectivity index (χ2n) is 4.42. The van der Waals surface area contributed by atoms with Gasteiger partial charge >= 0.3 is 0 Å². The number of amides is 1. The number of anilines is 1. The van der Waals surface area contributed by atoms with Crippen LogP contribution in [0.25, 0.3) is 10.9 Å². The Balaban J connectivity index is 0.00000162. The van der Waals surface area contributed by atoms with Crippen LogP contribution in [0.15, 0.2) is 30.5 Å². The quantitative estimate of drug-likeness (QED) is 0.800. The molecule has 2 atom stereocenters. The number of H-pyrrole nitrogens is 1. The molecule has 0 radical (unpaired) electrons. The number of benzene rings is 1. The minimum Gasteiger partial charge on any atom is -0.361 e. The van der Waals surface area contributed by atoms with Gasteiger partial charge in [-0.05, 0) is 31.2 Å². The van der Waals surface area contributed by atoms with Crippen molar-refractivity contribution < 1.29 is 4.79 Å². The van der Waals surface area contributed by atoms with Gasteiger partial charge in [0.15, 0.2) is 0 Å². The smallest absolute Gasteiger partial charge is 0.228 e. The average Bonchev–Trinajstić information content (AvgIpc) is 2.74. The maximum Gasteiger partial charge on any atom is 0.228 e. The Bertz CT molecular complexity index is 536. The molecule has 0 aliphatic rings. The van der Waals surface area contributed by atoms with E-state index in [1.54, 1.807) is 0 Å². The number of aromatic amines is 1. The molecule has 0 bridgehead atoms. The van der Waals surface area contributed by atoms with Crippen molar-refractivity contribution in [1.82, 2.24) is 4.98 Å². The molecule has 1 aromatic carbocycles. The van der Waals surface area contributed by atoms with E-state index in [9.17, 15) is 4.79 Å². The van der Waals surface area contributed by atoms with Crippen molar-refractivity contribution in [2.45, 2.75) is 19.9 Å². The highest BCUT2D eigenvalue weighted by molar-refractivity contribution is 5.95. The van der Waals surface area contributed by atoms with E-state index >= 15 is 0 Å². The summed E-state index contributed by atoms with van der Waals surface area (Å²) in [6, 6.07) is 7.59. The lowest BCUT2D eigenvalue weighted by atomic mass is 10.0. The number of hydrogen-bond acceptors (Lipinski definition) is 2. The molecule has 0 fully saturated rings. The standard InChI is InChI=1S/C13H17N3O.ClH/c1-8(9(2)14)13(17)16-11-3-4-12-10(7-11)5-6-15-12;/h3-9,15H,14H2,1-2H3,(H,16,17);1H. The summed E-state index contributed by atoms with van der Waals surface area (Å²) in [4.78, 5) is 14.9. The molecule has 1 heterocycles. The van der Waals surface area contributed by atoms with Crippen LogP contribution in [0, 0.1) is 5.92 Å². The Hall–Kier alpha value is -1.52. The zero-order valence-corrected chi connectivity index (χ0v) is 11.3. The number of carbonyl (C=O) groups excluding carboxylic acids is 1. The molecular weight excluding hydrogens is 250 g/mol. The molecule has 0 saturated heterocycles. The van der Waals surface area contributed by atoms with Crippen LogP contribution in [-0.2, 0) is 4.79 Å². The molecule has 2 unspecified atom stereocenters. The molecule has 0 saturated carbocycles. The van der Waals surface area contributed by atoms with Gasteiger partial charge in [-0.3, -0.25) is 4.79 Å². The predicted octanol–water partition coefficient (Wildman–Crippen LogP) is 2.51. The largest absolute Gasteiger partial charge is 0.361 e. The number of aromatic nitrogens is 1. The number of rotatable bonds is 3. The zero-order chi connectivity index (χ0) is 12.4. The maximum atomic E-state index is 11.8. The van der Waals surface area contributed by atoms with Gasteiger partial charge in [-0.2, -0.15) is 0 Å². The third-order valence-corrected chi connectivity index (χ3v) is 3.02. The first-order chi connectivity index (χ1) is 8.08. The van der Waals surface area contributed by atoms with Crippen molar-refractivity contribution >= 4 is 34.9 Å². The van der Waals surface area contributed by atoms with Gasteiger partial charge in [0.05, 0.1) is 5.92 Å². The van der Waals surface area contributed by atoms with E-state index in [1.807, 2.05) is 44.3 Å². The predicted molar refractivity (Wildman–Crippen MR) is 77.0 cm³/mol. The van der Waals surface area contributed by atoms with Crippen LogP contribution in [0.4, 0.5) is 5.69 Å². The number of nitrogens with two attached hydrogens (primary N) is 1. The van der Waals surface area contributed by atoms with Gasteiger partial charge in [0.1, 0.15) is 0 Å². The van der Waals surface area contributed by atoms with Crippen LogP contribution < -0.4 is 11.1 Å². The van der Waals surface area contributed by atoms with Gasteiger partial charge in [-0.1, -0.05) is 6.92 Å². The molecule has 0 aliphatic heterocycles. The van der Waals surface area contributed by atoms with Gasteiger partial charge in [0.2, 0.25) is 5.91 Å². The van der Waals surface area contributed by atoms with Gasteiger partial charge in [-0.15, -0.1) is 12.4 Å². The fraction of sp³-hybridized carbons (Fsp3) is 0.308. The highest BCUT2D eigenvalue weighted by Crippen LogP contribution is 2.18. The lowest BCUT2D eigenvalue weighted by Gasteiger charge is -2.15. The molecular formula is C13H18ClN3O. The molecule has 2 aromatic rings. The van der Waals surface area contributed by atoms with Gasteiger partial charge in [-0.25, -0.2) is 0 Å². The van der Waals surface area contributed by atoms with Gasteiger partial charge in [0.25, 0.3) is 0 Å². The van der Waals surface area contributed by atoms with E-state index in [1.165, 1.54) is 0 Å². The van der Waals surface area contributed by atoms with Crippen LogP contribution in [-0.4, -0.2) is 16.9 Å². The monoisotopic (exact) mass is 267 g/mol. The van der Waals surface area contributed by atoms with Crippen molar-refractivity contribution in [3.63, 3.8) is 0 Å². The van der Waals surface area contributed by atoms with Gasteiger partial charge in [0, 0.05) is 28.8 Å². The molecule has 4 nitrogen and oxygen atoms in total. The molecule has 18 heavy (non-hydrogen) atoms. The van der Waals surface area contributed by atoms with Crippen molar-refractivity contribution in [2.24, 2.45) is 11.7 Å². The Morgan fingerprint density at radius 1 is 1.33 bits per heavy atom. The highest BCUT2D eigenvalue weighted by Gasteiger charge is 2.16. The summed E-state index contributed by atoms with van der Waals surface area (Å²) < 4.78 is 0. The molecule has 2 rings (SSSR count). The fourth-order valence-electron chi connectivity index (χ4n) is 1.63. The first-order valence-electron chi connectivity index (χ1n) is 5.71. The molecule has 1 amide bonds. The number of carbonyl (C=O) groups is 1. The summed E-state index contributed by atoms with van der Waals surface area (Å²) in [6.45, 7) is 3.66. The SMILES string of the molecule is CC(N)C(C)C(=O)Nc1ccc2[nH]ccc2c1.Cl. The van der Waals surface area contributed by atoms with E-state index in [0.717, 1.165) is 16.6 Å². The van der Waals surface area contributed by atoms with Crippen molar-refractivity contribution in [3.8, 4) is 0 Å². The third kappa shape index (κ3) is 3.03. The number of nitrogens with one attached hydrogen (secondary N) is 2. The molecule has 0 spiro atoms. The Morgan fingerprint density at radius 3 is 2.72 bits per heavy atom. The molecule has 0 aliphatic carbocycles. The fourth-order valence-corrected chi connectivity index (χ4v) is 1.63. The van der Waals surface area contributed by atoms with Crippen LogP contribution in [0.5, 0.6) is 0 Å². The number of halogens is 1. The normalized spacial score (nSPS) is 13.7. The first kappa shape index (κ1) is 14.5. The van der Waals surface area contributed by atoms with Crippen LogP contribution in [0.3, 0.4) is 0 Å². The van der Waals surface area contributed by atoms with Gasteiger partial charge < -0.3 is 16.0 Å². The molecule has 4 N–H and O–H groups in total. The van der Waals surface area contributed by atoms with E-state index in [2.05, 4.69) is 10.3 Å². The van der Waals surface area contributed by atoms with Crippen LogP contribution in [0.1, 0.15) is 13.8 Å². The summed E-state index contributed by atoms with van der Waals surface area (Å²) in [5, 5.41) is 3.95. The summed E-state index contributed by atoms with van der Waals surface area (Å²) in [6.07, 6.45) is 1.88. The summed E-state index contributed by atoms with van der Waals surface area (Å²) in [5.41, 5.74) is 7.56. The minimum atomic E-state index is -0.197. The van der Waals surface area contributed by atoms with E-state index in [0.29, 0.717) is 0 Å². The second-order valence-corrected chi connectivity index (χ2v) is 4.42.